The third kappa shape index (κ3) is 6.57. The molecule has 1 heterocycles. The smallest absolute Gasteiger partial charge is 0.270 e. The number of nitro benzene ring substituents is 1. The summed E-state index contributed by atoms with van der Waals surface area (Å²) in [6, 6.07) is 18.0. The van der Waals surface area contributed by atoms with Crippen molar-refractivity contribution in [3.05, 3.63) is 82.4 Å². The van der Waals surface area contributed by atoms with Crippen LogP contribution in [0.25, 0.3) is 0 Å². The van der Waals surface area contributed by atoms with E-state index in [-0.39, 0.29) is 34.8 Å². The summed E-state index contributed by atoms with van der Waals surface area (Å²) in [5.41, 5.74) is 4.04. The molecular formula is C24H22N8O5. The number of rotatable bonds is 10. The van der Waals surface area contributed by atoms with E-state index < -0.39 is 4.92 Å². The van der Waals surface area contributed by atoms with Crippen LogP contribution in [-0.4, -0.2) is 45.4 Å². The number of nitrogens with one attached hydrogen (secondary N) is 3. The summed E-state index contributed by atoms with van der Waals surface area (Å²) in [6.45, 7) is 0. The Morgan fingerprint density at radius 1 is 0.838 bits per heavy atom. The summed E-state index contributed by atoms with van der Waals surface area (Å²) in [4.78, 5) is 23.5. The van der Waals surface area contributed by atoms with Gasteiger partial charge in [-0.2, -0.15) is 20.1 Å². The average Bonchev–Trinajstić information content (AvgIpc) is 2.90. The van der Waals surface area contributed by atoms with E-state index >= 15 is 0 Å². The lowest BCUT2D eigenvalue weighted by atomic mass is 10.2. The lowest BCUT2D eigenvalue weighted by Gasteiger charge is -2.11. The van der Waals surface area contributed by atoms with Gasteiger partial charge in [-0.25, -0.2) is 5.43 Å². The van der Waals surface area contributed by atoms with E-state index in [0.717, 1.165) is 0 Å². The summed E-state index contributed by atoms with van der Waals surface area (Å²) in [6.07, 6.45) is 1.22. The molecule has 0 unspecified atom stereocenters. The number of aromatic hydroxyl groups is 1. The van der Waals surface area contributed by atoms with Crippen LogP contribution in [0.1, 0.15) is 5.56 Å². The number of non-ortho nitro benzene ring substituents is 1. The molecule has 0 atom stereocenters. The molecule has 0 bridgehead atoms. The number of hydrazone groups is 1. The van der Waals surface area contributed by atoms with Crippen molar-refractivity contribution < 1.29 is 19.5 Å². The number of anilines is 5. The van der Waals surface area contributed by atoms with Gasteiger partial charge >= 0.3 is 0 Å². The van der Waals surface area contributed by atoms with Crippen molar-refractivity contribution in [3.8, 4) is 17.2 Å². The molecule has 0 amide bonds. The first-order valence-electron chi connectivity index (χ1n) is 10.8. The van der Waals surface area contributed by atoms with Crippen LogP contribution in [0.3, 0.4) is 0 Å². The number of phenolic OH excluding ortho intramolecular Hbond substituents is 1. The Morgan fingerprint density at radius 2 is 1.35 bits per heavy atom. The molecule has 4 aromatic rings. The zero-order chi connectivity index (χ0) is 26.2. The van der Waals surface area contributed by atoms with Crippen molar-refractivity contribution in [1.29, 1.82) is 0 Å². The molecule has 4 rings (SSSR count). The van der Waals surface area contributed by atoms with Gasteiger partial charge in [0.15, 0.2) is 0 Å². The summed E-state index contributed by atoms with van der Waals surface area (Å²) < 4.78 is 10.4. The fourth-order valence-corrected chi connectivity index (χ4v) is 3.06. The SMILES string of the molecule is COc1ccc(Nc2nc(N/N=C/c3cc([N+](=O)[O-])ccc3O)nc(Nc3ccc(OC)cc3)n2)cc1. The summed E-state index contributed by atoms with van der Waals surface area (Å²) in [5.74, 6) is 1.73. The van der Waals surface area contributed by atoms with Crippen molar-refractivity contribution in [1.82, 2.24) is 15.0 Å². The Bertz CT molecular complexity index is 1340. The van der Waals surface area contributed by atoms with Crippen LogP contribution in [0.2, 0.25) is 0 Å². The molecule has 3 aromatic carbocycles. The van der Waals surface area contributed by atoms with Gasteiger partial charge in [-0.3, -0.25) is 10.1 Å². The Labute approximate surface area is 211 Å². The molecule has 0 saturated heterocycles. The quantitative estimate of drug-likeness (QED) is 0.137. The Balaban J connectivity index is 1.59. The molecule has 37 heavy (non-hydrogen) atoms. The Morgan fingerprint density at radius 3 is 1.84 bits per heavy atom. The third-order valence-corrected chi connectivity index (χ3v) is 4.92. The molecule has 1 aromatic heterocycles. The first kappa shape index (κ1) is 24.7. The maximum Gasteiger partial charge on any atom is 0.270 e. The standard InChI is InChI=1S/C24H22N8O5/c1-36-19-8-3-16(4-9-19)26-22-28-23(27-17-5-10-20(37-2)11-6-17)30-24(29-22)31-25-14-15-13-18(32(34)35)7-12-21(15)33/h3-14,33H,1-2H3,(H3,26,27,28,29,30,31)/b25-14+. The van der Waals surface area contributed by atoms with Gasteiger partial charge in [0, 0.05) is 29.1 Å². The maximum atomic E-state index is 11.0. The van der Waals surface area contributed by atoms with Gasteiger partial charge in [-0.15, -0.1) is 0 Å². The van der Waals surface area contributed by atoms with Gasteiger partial charge in [0.05, 0.1) is 25.4 Å². The highest BCUT2D eigenvalue weighted by Crippen LogP contribution is 2.23. The summed E-state index contributed by atoms with van der Waals surface area (Å²) >= 11 is 0. The van der Waals surface area contributed by atoms with Crippen LogP contribution in [0.15, 0.2) is 71.8 Å². The molecule has 0 aliphatic rings. The number of ether oxygens (including phenoxy) is 2. The molecular weight excluding hydrogens is 480 g/mol. The van der Waals surface area contributed by atoms with Gasteiger partial charge in [0.2, 0.25) is 17.8 Å². The van der Waals surface area contributed by atoms with Crippen molar-refractivity contribution >= 4 is 41.1 Å². The van der Waals surface area contributed by atoms with E-state index in [0.29, 0.717) is 22.9 Å². The van der Waals surface area contributed by atoms with Gasteiger partial charge in [-0.05, 0) is 54.6 Å². The fourth-order valence-electron chi connectivity index (χ4n) is 3.06. The zero-order valence-corrected chi connectivity index (χ0v) is 19.7. The Hall–Kier alpha value is -5.46. The van der Waals surface area contributed by atoms with Crippen LogP contribution in [-0.2, 0) is 0 Å². The Kier molecular flexibility index (Phi) is 7.54. The van der Waals surface area contributed by atoms with Crippen molar-refractivity contribution in [2.45, 2.75) is 0 Å². The van der Waals surface area contributed by atoms with Gasteiger partial charge in [-0.1, -0.05) is 0 Å². The van der Waals surface area contributed by atoms with Crippen LogP contribution in [0, 0.1) is 10.1 Å². The molecule has 0 aliphatic carbocycles. The van der Waals surface area contributed by atoms with E-state index in [9.17, 15) is 15.2 Å². The second-order valence-electron chi connectivity index (χ2n) is 7.38. The first-order valence-corrected chi connectivity index (χ1v) is 10.8. The minimum absolute atomic E-state index is 0.0724. The molecule has 0 spiro atoms. The highest BCUT2D eigenvalue weighted by molar-refractivity contribution is 5.84. The molecule has 0 aliphatic heterocycles. The minimum atomic E-state index is -0.565. The second-order valence-corrected chi connectivity index (χ2v) is 7.38. The first-order chi connectivity index (χ1) is 17.9. The van der Waals surface area contributed by atoms with Crippen LogP contribution < -0.4 is 25.5 Å². The van der Waals surface area contributed by atoms with E-state index in [1.807, 2.05) is 0 Å². The molecule has 0 radical (unpaired) electrons. The highest BCUT2D eigenvalue weighted by Gasteiger charge is 2.10. The topological polar surface area (TPSA) is 169 Å². The number of hydrogen-bond acceptors (Lipinski definition) is 12. The monoisotopic (exact) mass is 502 g/mol. The van der Waals surface area contributed by atoms with Gasteiger partial charge in [0.1, 0.15) is 17.2 Å². The van der Waals surface area contributed by atoms with Crippen LogP contribution in [0.4, 0.5) is 34.9 Å². The fraction of sp³-hybridized carbons (Fsp3) is 0.0833. The summed E-state index contributed by atoms with van der Waals surface area (Å²) in [7, 11) is 3.16. The van der Waals surface area contributed by atoms with E-state index in [1.54, 1.807) is 62.8 Å². The van der Waals surface area contributed by atoms with E-state index in [4.69, 9.17) is 9.47 Å². The predicted molar refractivity (Wildman–Crippen MR) is 138 cm³/mol. The van der Waals surface area contributed by atoms with Crippen molar-refractivity contribution in [3.63, 3.8) is 0 Å². The number of aromatic nitrogens is 3. The molecule has 0 saturated carbocycles. The lowest BCUT2D eigenvalue weighted by Crippen LogP contribution is -2.07. The average molecular weight is 502 g/mol. The molecule has 13 nitrogen and oxygen atoms in total. The second kappa shape index (κ2) is 11.3. The molecule has 0 fully saturated rings. The normalized spacial score (nSPS) is 10.6. The van der Waals surface area contributed by atoms with Crippen LogP contribution >= 0.6 is 0 Å². The molecule has 13 heteroatoms. The summed E-state index contributed by atoms with van der Waals surface area (Å²) in [5, 5.41) is 31.2. The predicted octanol–water partition coefficient (Wildman–Crippen LogP) is 4.44. The van der Waals surface area contributed by atoms with Crippen molar-refractivity contribution in [2.24, 2.45) is 5.10 Å². The number of methoxy groups -OCH3 is 2. The molecule has 188 valence electrons. The number of nitro groups is 1. The minimum Gasteiger partial charge on any atom is -0.507 e. The van der Waals surface area contributed by atoms with E-state index in [1.165, 1.54) is 24.4 Å². The zero-order valence-electron chi connectivity index (χ0n) is 19.7. The van der Waals surface area contributed by atoms with Gasteiger partial charge < -0.3 is 25.2 Å². The van der Waals surface area contributed by atoms with E-state index in [2.05, 4.69) is 36.1 Å². The third-order valence-electron chi connectivity index (χ3n) is 4.92. The number of phenols is 1. The van der Waals surface area contributed by atoms with Crippen molar-refractivity contribution in [2.75, 3.05) is 30.3 Å². The van der Waals surface area contributed by atoms with Gasteiger partial charge in [0.25, 0.3) is 5.69 Å². The van der Waals surface area contributed by atoms with Crippen LogP contribution in [0.5, 0.6) is 17.2 Å². The maximum absolute atomic E-state index is 11.0. The number of hydrogen-bond donors (Lipinski definition) is 4. The number of nitrogens with zero attached hydrogens (tertiary/aromatic N) is 5. The largest absolute Gasteiger partial charge is 0.507 e. The highest BCUT2D eigenvalue weighted by atomic mass is 16.6. The lowest BCUT2D eigenvalue weighted by molar-refractivity contribution is -0.384. The molecule has 4 N–H and O–H groups in total. The number of benzene rings is 3.